The van der Waals surface area contributed by atoms with E-state index >= 15 is 0 Å². The van der Waals surface area contributed by atoms with Crippen LogP contribution in [0.1, 0.15) is 6.42 Å². The fourth-order valence-electron chi connectivity index (χ4n) is 2.30. The smallest absolute Gasteiger partial charge is 0.247 e. The molecule has 1 atom stereocenters. The summed E-state index contributed by atoms with van der Waals surface area (Å²) in [7, 11) is 0. The number of amides is 2. The third-order valence-electron chi connectivity index (χ3n) is 3.38. The van der Waals surface area contributed by atoms with Crippen molar-refractivity contribution in [1.82, 2.24) is 0 Å². The van der Waals surface area contributed by atoms with E-state index in [1.807, 2.05) is 18.2 Å². The highest BCUT2D eigenvalue weighted by Crippen LogP contribution is 2.36. The van der Waals surface area contributed by atoms with E-state index in [9.17, 15) is 14.0 Å². The number of anilines is 2. The van der Waals surface area contributed by atoms with Crippen LogP contribution in [0.5, 0.6) is 0 Å². The van der Waals surface area contributed by atoms with Gasteiger partial charge >= 0.3 is 0 Å². The number of halogens is 1. The molecule has 2 aromatic carbocycles. The molecule has 1 aliphatic rings. The summed E-state index contributed by atoms with van der Waals surface area (Å²) in [6.07, 6.45) is 0.106. The van der Waals surface area contributed by atoms with Crippen LogP contribution in [0.4, 0.5) is 15.8 Å². The van der Waals surface area contributed by atoms with Crippen molar-refractivity contribution in [3.8, 4) is 0 Å². The van der Waals surface area contributed by atoms with Crippen LogP contribution in [-0.4, -0.2) is 17.1 Å². The van der Waals surface area contributed by atoms with Gasteiger partial charge in [0.15, 0.2) is 0 Å². The second kappa shape index (κ2) is 5.81. The van der Waals surface area contributed by atoms with E-state index in [-0.39, 0.29) is 18.2 Å². The van der Waals surface area contributed by atoms with Gasteiger partial charge in [0.1, 0.15) is 5.82 Å². The van der Waals surface area contributed by atoms with Crippen molar-refractivity contribution >= 4 is 35.0 Å². The van der Waals surface area contributed by atoms with E-state index in [4.69, 9.17) is 5.73 Å². The van der Waals surface area contributed by atoms with Gasteiger partial charge in [0.05, 0.1) is 10.9 Å². The minimum absolute atomic E-state index is 0.106. The minimum atomic E-state index is -0.512. The molecule has 0 bridgehead atoms. The zero-order valence-electron chi connectivity index (χ0n) is 11.5. The first-order valence-corrected chi connectivity index (χ1v) is 7.58. The standard InChI is InChI=1S/C16H13FN2O2S/c17-10-5-7-11(8-6-10)19-15(20)9-14(16(19)21)22-13-4-2-1-3-12(13)18/h1-8,14H,9,18H2/t14-/m1/s1. The number of para-hydroxylation sites is 1. The second-order valence-electron chi connectivity index (χ2n) is 4.89. The molecule has 4 nitrogen and oxygen atoms in total. The number of carbonyl (C=O) groups is 2. The number of nitrogen functional groups attached to an aromatic ring is 1. The van der Waals surface area contributed by atoms with Crippen molar-refractivity contribution in [2.45, 2.75) is 16.6 Å². The first-order chi connectivity index (χ1) is 10.6. The van der Waals surface area contributed by atoms with E-state index in [1.165, 1.54) is 36.0 Å². The Morgan fingerprint density at radius 3 is 2.45 bits per heavy atom. The molecule has 2 N–H and O–H groups in total. The summed E-state index contributed by atoms with van der Waals surface area (Å²) in [6.45, 7) is 0. The molecule has 112 valence electrons. The number of carbonyl (C=O) groups excluding carboxylic acids is 2. The number of benzene rings is 2. The summed E-state index contributed by atoms with van der Waals surface area (Å²) in [5.74, 6) is -1.00. The number of nitrogens with two attached hydrogens (primary N) is 1. The van der Waals surface area contributed by atoms with E-state index in [0.717, 1.165) is 9.80 Å². The largest absolute Gasteiger partial charge is 0.398 e. The first kappa shape index (κ1) is 14.6. The maximum Gasteiger partial charge on any atom is 0.247 e. The van der Waals surface area contributed by atoms with Crippen LogP contribution in [0.25, 0.3) is 0 Å². The molecule has 0 spiro atoms. The Balaban J connectivity index is 1.82. The summed E-state index contributed by atoms with van der Waals surface area (Å²) in [4.78, 5) is 26.5. The second-order valence-corrected chi connectivity index (χ2v) is 6.14. The van der Waals surface area contributed by atoms with Gasteiger partial charge < -0.3 is 5.73 Å². The molecule has 0 aliphatic carbocycles. The van der Waals surface area contributed by atoms with Crippen LogP contribution in [0.3, 0.4) is 0 Å². The molecule has 1 saturated heterocycles. The SMILES string of the molecule is Nc1ccccc1S[C@@H]1CC(=O)N(c2ccc(F)cc2)C1=O. The maximum atomic E-state index is 13.0. The number of nitrogens with zero attached hydrogens (tertiary/aromatic N) is 1. The van der Waals surface area contributed by atoms with E-state index in [2.05, 4.69) is 0 Å². The molecule has 2 amide bonds. The molecule has 0 radical (unpaired) electrons. The van der Waals surface area contributed by atoms with Crippen LogP contribution in [0, 0.1) is 5.82 Å². The molecule has 1 aliphatic heterocycles. The van der Waals surface area contributed by atoms with Gasteiger partial charge in [-0.25, -0.2) is 9.29 Å². The van der Waals surface area contributed by atoms with Gasteiger partial charge in [-0.2, -0.15) is 0 Å². The molecule has 1 heterocycles. The Bertz CT molecular complexity index is 733. The lowest BCUT2D eigenvalue weighted by atomic mass is 10.3. The average molecular weight is 316 g/mol. The lowest BCUT2D eigenvalue weighted by molar-refractivity contribution is -0.121. The van der Waals surface area contributed by atoms with Crippen LogP contribution in [0.2, 0.25) is 0 Å². The first-order valence-electron chi connectivity index (χ1n) is 6.70. The van der Waals surface area contributed by atoms with Crippen molar-refractivity contribution < 1.29 is 14.0 Å². The third-order valence-corrected chi connectivity index (χ3v) is 4.66. The number of hydrogen-bond donors (Lipinski definition) is 1. The zero-order valence-corrected chi connectivity index (χ0v) is 12.3. The van der Waals surface area contributed by atoms with Crippen LogP contribution < -0.4 is 10.6 Å². The summed E-state index contributed by atoms with van der Waals surface area (Å²) >= 11 is 1.28. The van der Waals surface area contributed by atoms with Gasteiger partial charge in [0.2, 0.25) is 11.8 Å². The number of imide groups is 1. The van der Waals surface area contributed by atoms with Crippen LogP contribution >= 0.6 is 11.8 Å². The average Bonchev–Trinajstić information content (AvgIpc) is 2.77. The summed E-state index contributed by atoms with van der Waals surface area (Å²) in [6, 6.07) is 12.5. The minimum Gasteiger partial charge on any atom is -0.398 e. The molecular formula is C16H13FN2O2S. The number of hydrogen-bond acceptors (Lipinski definition) is 4. The predicted octanol–water partition coefficient (Wildman–Crippen LogP) is 2.83. The van der Waals surface area contributed by atoms with Gasteiger partial charge in [0, 0.05) is 17.0 Å². The predicted molar refractivity (Wildman–Crippen MR) is 84.0 cm³/mol. The Morgan fingerprint density at radius 1 is 1.09 bits per heavy atom. The molecule has 2 aromatic rings. The molecule has 6 heteroatoms. The van der Waals surface area contributed by atoms with Gasteiger partial charge in [-0.15, -0.1) is 11.8 Å². The lowest BCUT2D eigenvalue weighted by Gasteiger charge is -2.15. The number of rotatable bonds is 3. The molecule has 3 rings (SSSR count). The van der Waals surface area contributed by atoms with E-state index in [0.29, 0.717) is 11.4 Å². The van der Waals surface area contributed by atoms with Crippen LogP contribution in [0.15, 0.2) is 53.4 Å². The van der Waals surface area contributed by atoms with Gasteiger partial charge in [-0.1, -0.05) is 12.1 Å². The Kier molecular flexibility index (Phi) is 3.85. The maximum absolute atomic E-state index is 13.0. The highest BCUT2D eigenvalue weighted by molar-refractivity contribution is 8.00. The molecule has 0 aromatic heterocycles. The summed E-state index contributed by atoms with van der Waals surface area (Å²) < 4.78 is 13.0. The van der Waals surface area contributed by atoms with Crippen molar-refractivity contribution in [3.05, 3.63) is 54.3 Å². The normalized spacial score (nSPS) is 18.0. The molecular weight excluding hydrogens is 303 g/mol. The highest BCUT2D eigenvalue weighted by atomic mass is 32.2. The Hall–Kier alpha value is -2.34. The van der Waals surface area contributed by atoms with Crippen molar-refractivity contribution in [1.29, 1.82) is 0 Å². The summed E-state index contributed by atoms with van der Waals surface area (Å²) in [5, 5.41) is -0.512. The van der Waals surface area contributed by atoms with Crippen molar-refractivity contribution in [2.75, 3.05) is 10.6 Å². The van der Waals surface area contributed by atoms with E-state index < -0.39 is 11.1 Å². The number of thioether (sulfide) groups is 1. The highest BCUT2D eigenvalue weighted by Gasteiger charge is 2.40. The Labute approximate surface area is 131 Å². The lowest BCUT2D eigenvalue weighted by Crippen LogP contribution is -2.31. The molecule has 0 unspecified atom stereocenters. The Morgan fingerprint density at radius 2 is 1.77 bits per heavy atom. The zero-order chi connectivity index (χ0) is 15.7. The van der Waals surface area contributed by atoms with Crippen molar-refractivity contribution in [2.24, 2.45) is 0 Å². The van der Waals surface area contributed by atoms with E-state index in [1.54, 1.807) is 6.07 Å². The summed E-state index contributed by atoms with van der Waals surface area (Å²) in [5.41, 5.74) is 6.84. The molecule has 22 heavy (non-hydrogen) atoms. The fourth-order valence-corrected chi connectivity index (χ4v) is 3.40. The molecule has 1 fully saturated rings. The quantitative estimate of drug-likeness (QED) is 0.698. The topological polar surface area (TPSA) is 63.4 Å². The van der Waals surface area contributed by atoms with Crippen LogP contribution in [-0.2, 0) is 9.59 Å². The van der Waals surface area contributed by atoms with Gasteiger partial charge in [0.25, 0.3) is 0 Å². The van der Waals surface area contributed by atoms with Gasteiger partial charge in [-0.05, 0) is 36.4 Å². The van der Waals surface area contributed by atoms with Crippen molar-refractivity contribution in [3.63, 3.8) is 0 Å². The third kappa shape index (κ3) is 2.69. The fraction of sp³-hybridized carbons (Fsp3) is 0.125. The van der Waals surface area contributed by atoms with Gasteiger partial charge in [-0.3, -0.25) is 9.59 Å². The monoisotopic (exact) mass is 316 g/mol. The molecule has 0 saturated carbocycles.